The molecule has 0 bridgehead atoms. The van der Waals surface area contributed by atoms with Crippen LogP contribution in [-0.4, -0.2) is 49.5 Å². The minimum Gasteiger partial charge on any atom is -0.352 e. The highest BCUT2D eigenvalue weighted by atomic mass is 32.2. The molecule has 0 radical (unpaired) electrons. The lowest BCUT2D eigenvalue weighted by molar-refractivity contribution is 0.249. The van der Waals surface area contributed by atoms with Gasteiger partial charge in [0.2, 0.25) is 9.84 Å². The van der Waals surface area contributed by atoms with Gasteiger partial charge in [0.15, 0.2) is 11.1 Å². The number of rotatable bonds is 6. The molecule has 0 N–H and O–H groups in total. The molecule has 4 aromatic rings. The number of anilines is 1. The van der Waals surface area contributed by atoms with Gasteiger partial charge >= 0.3 is 0 Å². The molecule has 0 unspecified atom stereocenters. The monoisotopic (exact) mass is 497 g/mol. The van der Waals surface area contributed by atoms with E-state index in [1.54, 1.807) is 30.3 Å². The van der Waals surface area contributed by atoms with Crippen molar-refractivity contribution >= 4 is 26.7 Å². The zero-order valence-corrected chi connectivity index (χ0v) is 20.9. The summed E-state index contributed by atoms with van der Waals surface area (Å²) in [5.41, 5.74) is 3.63. The summed E-state index contributed by atoms with van der Waals surface area (Å²) >= 11 is 0. The summed E-state index contributed by atoms with van der Waals surface area (Å²) in [6, 6.07) is 26.3. The van der Waals surface area contributed by atoms with Gasteiger partial charge in [-0.15, -0.1) is 0 Å². The molecular formula is C28H27N5O2S. The first-order valence-corrected chi connectivity index (χ1v) is 13.5. The van der Waals surface area contributed by atoms with Crippen molar-refractivity contribution in [1.82, 2.24) is 14.9 Å². The Labute approximate surface area is 211 Å². The van der Waals surface area contributed by atoms with E-state index in [2.05, 4.69) is 21.9 Å². The van der Waals surface area contributed by atoms with Crippen LogP contribution in [0.5, 0.6) is 0 Å². The average molecular weight is 498 g/mol. The molecular weight excluding hydrogens is 470 g/mol. The van der Waals surface area contributed by atoms with Crippen LogP contribution in [0.3, 0.4) is 0 Å². The molecule has 1 aliphatic rings. The average Bonchev–Trinajstić information content (AvgIpc) is 2.90. The number of aromatic nitrogens is 2. The number of hydrogen-bond donors (Lipinski definition) is 0. The molecule has 0 amide bonds. The van der Waals surface area contributed by atoms with E-state index in [0.29, 0.717) is 29.9 Å². The van der Waals surface area contributed by atoms with Crippen molar-refractivity contribution in [2.24, 2.45) is 0 Å². The largest absolute Gasteiger partial charge is 0.352 e. The third-order valence-corrected chi connectivity index (χ3v) is 8.40. The van der Waals surface area contributed by atoms with Crippen LogP contribution in [0.4, 0.5) is 5.82 Å². The Morgan fingerprint density at radius 2 is 1.47 bits per heavy atom. The molecule has 1 saturated heterocycles. The van der Waals surface area contributed by atoms with Gasteiger partial charge in [-0.25, -0.2) is 18.4 Å². The number of fused-ring (bicyclic) bond motifs is 1. The minimum atomic E-state index is -4.00. The van der Waals surface area contributed by atoms with E-state index in [0.717, 1.165) is 25.2 Å². The molecule has 0 saturated carbocycles. The van der Waals surface area contributed by atoms with Gasteiger partial charge in [-0.2, -0.15) is 5.26 Å². The first-order valence-electron chi connectivity index (χ1n) is 11.9. The standard InChI is InChI=1S/C28H27N5O2S/c1-21-11-13-23(14-12-21)36(34,35)26(19-29)27-28(31-25-10-6-5-9-24(25)30-27)33-17-15-32(16-18-33)20-22-7-3-2-4-8-22/h2-14,26H,15-18,20H2,1H3/t26-/m1/s1. The lowest BCUT2D eigenvalue weighted by Crippen LogP contribution is -2.46. The lowest BCUT2D eigenvalue weighted by atomic mass is 10.2. The van der Waals surface area contributed by atoms with Gasteiger partial charge in [0, 0.05) is 32.7 Å². The third kappa shape index (κ3) is 4.81. The molecule has 36 heavy (non-hydrogen) atoms. The summed E-state index contributed by atoms with van der Waals surface area (Å²) < 4.78 is 27.2. The van der Waals surface area contributed by atoms with E-state index in [1.807, 2.05) is 49.4 Å². The van der Waals surface area contributed by atoms with Crippen molar-refractivity contribution in [2.75, 3.05) is 31.1 Å². The third-order valence-electron chi connectivity index (χ3n) is 6.52. The Morgan fingerprint density at radius 1 is 0.861 bits per heavy atom. The van der Waals surface area contributed by atoms with Crippen LogP contribution >= 0.6 is 0 Å². The molecule has 8 heteroatoms. The number of piperazine rings is 1. The summed E-state index contributed by atoms with van der Waals surface area (Å²) in [5.74, 6) is 0.468. The molecule has 1 aliphatic heterocycles. The molecule has 5 rings (SSSR count). The molecule has 2 heterocycles. The first-order chi connectivity index (χ1) is 17.5. The van der Waals surface area contributed by atoms with E-state index in [4.69, 9.17) is 9.97 Å². The Bertz CT molecular complexity index is 1510. The molecule has 182 valence electrons. The molecule has 0 spiro atoms. The number of sulfone groups is 1. The van der Waals surface area contributed by atoms with Crippen LogP contribution < -0.4 is 4.90 Å². The summed E-state index contributed by atoms with van der Waals surface area (Å²) in [5, 5.41) is 8.65. The Balaban J connectivity index is 1.49. The predicted octanol–water partition coefficient (Wildman–Crippen LogP) is 4.30. The molecule has 1 fully saturated rings. The normalized spacial score (nSPS) is 15.5. The maximum absolute atomic E-state index is 13.6. The van der Waals surface area contributed by atoms with Crippen molar-refractivity contribution in [2.45, 2.75) is 23.6 Å². The van der Waals surface area contributed by atoms with Crippen molar-refractivity contribution in [3.8, 4) is 6.07 Å². The van der Waals surface area contributed by atoms with Crippen molar-refractivity contribution in [3.63, 3.8) is 0 Å². The maximum Gasteiger partial charge on any atom is 0.200 e. The number of nitriles is 1. The van der Waals surface area contributed by atoms with E-state index < -0.39 is 15.1 Å². The van der Waals surface area contributed by atoms with Gasteiger partial charge < -0.3 is 4.90 Å². The first kappa shape index (κ1) is 23.9. The fourth-order valence-corrected chi connectivity index (χ4v) is 5.89. The maximum atomic E-state index is 13.6. The second-order valence-corrected chi connectivity index (χ2v) is 11.1. The molecule has 1 aromatic heterocycles. The second-order valence-electron chi connectivity index (χ2n) is 9.04. The zero-order valence-electron chi connectivity index (χ0n) is 20.1. The van der Waals surface area contributed by atoms with Crippen LogP contribution in [-0.2, 0) is 16.4 Å². The van der Waals surface area contributed by atoms with Gasteiger partial charge in [0.1, 0.15) is 5.69 Å². The van der Waals surface area contributed by atoms with Crippen LogP contribution in [0.15, 0.2) is 83.8 Å². The van der Waals surface area contributed by atoms with Crippen molar-refractivity contribution < 1.29 is 8.42 Å². The van der Waals surface area contributed by atoms with E-state index >= 15 is 0 Å². The smallest absolute Gasteiger partial charge is 0.200 e. The fraction of sp³-hybridized carbons (Fsp3) is 0.250. The minimum absolute atomic E-state index is 0.105. The Kier molecular flexibility index (Phi) is 6.68. The van der Waals surface area contributed by atoms with Crippen LogP contribution in [0.25, 0.3) is 11.0 Å². The summed E-state index contributed by atoms with van der Waals surface area (Å²) in [6.07, 6.45) is 0. The molecule has 1 atom stereocenters. The second kappa shape index (κ2) is 10.1. The topological polar surface area (TPSA) is 90.2 Å². The van der Waals surface area contributed by atoms with Gasteiger partial charge in [0.05, 0.1) is 22.0 Å². The van der Waals surface area contributed by atoms with Crippen molar-refractivity contribution in [3.05, 3.63) is 95.7 Å². The van der Waals surface area contributed by atoms with Crippen LogP contribution in [0, 0.1) is 18.3 Å². The Hall–Kier alpha value is -3.80. The number of para-hydroxylation sites is 2. The molecule has 3 aromatic carbocycles. The van der Waals surface area contributed by atoms with Gasteiger partial charge in [-0.3, -0.25) is 4.90 Å². The zero-order chi connectivity index (χ0) is 25.1. The number of aryl methyl sites for hydroxylation is 1. The van der Waals surface area contributed by atoms with E-state index in [-0.39, 0.29) is 10.6 Å². The number of nitrogens with zero attached hydrogens (tertiary/aromatic N) is 5. The highest BCUT2D eigenvalue weighted by Crippen LogP contribution is 2.34. The predicted molar refractivity (Wildman–Crippen MR) is 140 cm³/mol. The summed E-state index contributed by atoms with van der Waals surface area (Å²) in [6.45, 7) is 5.66. The van der Waals surface area contributed by atoms with Crippen molar-refractivity contribution in [1.29, 1.82) is 5.26 Å². The van der Waals surface area contributed by atoms with Gasteiger partial charge in [-0.1, -0.05) is 60.2 Å². The van der Waals surface area contributed by atoms with E-state index in [1.165, 1.54) is 5.56 Å². The van der Waals surface area contributed by atoms with Crippen LogP contribution in [0.1, 0.15) is 22.1 Å². The Morgan fingerprint density at radius 3 is 2.11 bits per heavy atom. The summed E-state index contributed by atoms with van der Waals surface area (Å²) in [4.78, 5) is 14.1. The van der Waals surface area contributed by atoms with E-state index in [9.17, 15) is 13.7 Å². The lowest BCUT2D eigenvalue weighted by Gasteiger charge is -2.36. The number of hydrogen-bond acceptors (Lipinski definition) is 7. The van der Waals surface area contributed by atoms with Gasteiger partial charge in [0.25, 0.3) is 0 Å². The SMILES string of the molecule is Cc1ccc(S(=O)(=O)[C@H](C#N)c2nc3ccccc3nc2N2CCN(Cc3ccccc3)CC2)cc1. The molecule has 7 nitrogen and oxygen atoms in total. The quantitative estimate of drug-likeness (QED) is 0.392. The highest BCUT2D eigenvalue weighted by molar-refractivity contribution is 7.92. The van der Waals surface area contributed by atoms with Crippen LogP contribution in [0.2, 0.25) is 0 Å². The fourth-order valence-electron chi connectivity index (χ4n) is 4.51. The molecule has 0 aliphatic carbocycles. The highest BCUT2D eigenvalue weighted by Gasteiger charge is 2.35. The number of benzene rings is 3. The summed E-state index contributed by atoms with van der Waals surface area (Å²) in [7, 11) is -4.00. The van der Waals surface area contributed by atoms with Gasteiger partial charge in [-0.05, 0) is 36.8 Å².